The van der Waals surface area contributed by atoms with Crippen LogP contribution in [0.15, 0.2) is 0 Å². The molecule has 2 saturated heterocycles. The highest BCUT2D eigenvalue weighted by Gasteiger charge is 2.25. The van der Waals surface area contributed by atoms with E-state index in [9.17, 15) is 4.79 Å². The lowest BCUT2D eigenvalue weighted by Crippen LogP contribution is -2.41. The molecule has 0 aliphatic carbocycles. The first-order valence-corrected chi connectivity index (χ1v) is 6.80. The van der Waals surface area contributed by atoms with Crippen molar-refractivity contribution < 1.29 is 19.0 Å². The first kappa shape index (κ1) is 13.8. The van der Waals surface area contributed by atoms with E-state index in [2.05, 4.69) is 4.90 Å². The van der Waals surface area contributed by atoms with Crippen molar-refractivity contribution in [3.63, 3.8) is 0 Å². The highest BCUT2D eigenvalue weighted by atomic mass is 16.5. The van der Waals surface area contributed by atoms with Gasteiger partial charge in [0.15, 0.2) is 0 Å². The van der Waals surface area contributed by atoms with Crippen molar-refractivity contribution in [3.8, 4) is 0 Å². The molecule has 2 aliphatic rings. The van der Waals surface area contributed by atoms with Gasteiger partial charge in [-0.05, 0) is 25.7 Å². The van der Waals surface area contributed by atoms with E-state index in [4.69, 9.17) is 14.2 Å². The Kier molecular flexibility index (Phi) is 5.41. The minimum Gasteiger partial charge on any atom is -0.468 e. The lowest BCUT2D eigenvalue weighted by atomic mass is 10.2. The summed E-state index contributed by atoms with van der Waals surface area (Å²) in [5.41, 5.74) is 0. The van der Waals surface area contributed by atoms with Crippen LogP contribution < -0.4 is 0 Å². The summed E-state index contributed by atoms with van der Waals surface area (Å²) >= 11 is 0. The van der Waals surface area contributed by atoms with Gasteiger partial charge in [0.25, 0.3) is 0 Å². The van der Waals surface area contributed by atoms with Crippen LogP contribution in [0.5, 0.6) is 0 Å². The van der Waals surface area contributed by atoms with Crippen LogP contribution in [0.3, 0.4) is 0 Å². The molecular formula is C13H23NO4. The standard InChI is InChI=1S/C13H23NO4/c1-16-13(15)10-14(8-11-4-2-6-17-11)9-12-5-3-7-18-12/h11-12H,2-10H2,1H3/t11-,12-/m1/s1. The van der Waals surface area contributed by atoms with Crippen LogP contribution in [0.1, 0.15) is 25.7 Å². The maximum Gasteiger partial charge on any atom is 0.319 e. The molecule has 0 unspecified atom stereocenters. The first-order chi connectivity index (χ1) is 8.78. The van der Waals surface area contributed by atoms with Crippen LogP contribution in [-0.4, -0.2) is 63.0 Å². The second-order valence-electron chi connectivity index (χ2n) is 5.04. The third kappa shape index (κ3) is 4.23. The molecule has 0 radical (unpaired) electrons. The molecular weight excluding hydrogens is 234 g/mol. The molecule has 2 heterocycles. The molecule has 0 aromatic carbocycles. The molecule has 5 heteroatoms. The number of hydrogen-bond acceptors (Lipinski definition) is 5. The van der Waals surface area contributed by atoms with Crippen molar-refractivity contribution in [2.24, 2.45) is 0 Å². The molecule has 0 N–H and O–H groups in total. The van der Waals surface area contributed by atoms with Crippen LogP contribution in [0.25, 0.3) is 0 Å². The summed E-state index contributed by atoms with van der Waals surface area (Å²) in [6.45, 7) is 3.62. The predicted molar refractivity (Wildman–Crippen MR) is 66.4 cm³/mol. The molecule has 0 saturated carbocycles. The molecule has 5 nitrogen and oxygen atoms in total. The van der Waals surface area contributed by atoms with Gasteiger partial charge in [-0.2, -0.15) is 0 Å². The summed E-state index contributed by atoms with van der Waals surface area (Å²) in [5.74, 6) is -0.189. The third-order valence-corrected chi connectivity index (χ3v) is 3.55. The number of rotatable bonds is 6. The highest BCUT2D eigenvalue weighted by molar-refractivity contribution is 5.71. The average Bonchev–Trinajstić information content (AvgIpc) is 3.02. The molecule has 0 amide bonds. The summed E-state index contributed by atoms with van der Waals surface area (Å²) in [7, 11) is 1.43. The lowest BCUT2D eigenvalue weighted by Gasteiger charge is -2.26. The Morgan fingerprint density at radius 1 is 1.17 bits per heavy atom. The minimum atomic E-state index is -0.189. The van der Waals surface area contributed by atoms with Gasteiger partial charge in [0.2, 0.25) is 0 Å². The molecule has 2 atom stereocenters. The Morgan fingerprint density at radius 3 is 2.11 bits per heavy atom. The van der Waals surface area contributed by atoms with E-state index in [1.54, 1.807) is 0 Å². The molecule has 2 aliphatic heterocycles. The maximum atomic E-state index is 11.4. The van der Waals surface area contributed by atoms with Gasteiger partial charge in [-0.25, -0.2) is 0 Å². The van der Waals surface area contributed by atoms with Crippen LogP contribution in [0.4, 0.5) is 0 Å². The Bertz CT molecular complexity index is 242. The second kappa shape index (κ2) is 7.07. The summed E-state index contributed by atoms with van der Waals surface area (Å²) in [5, 5.41) is 0. The van der Waals surface area contributed by atoms with Crippen LogP contribution in [-0.2, 0) is 19.0 Å². The largest absolute Gasteiger partial charge is 0.468 e. The average molecular weight is 257 g/mol. The van der Waals surface area contributed by atoms with Gasteiger partial charge in [0.05, 0.1) is 25.9 Å². The molecule has 0 aromatic rings. The number of carbonyl (C=O) groups is 1. The van der Waals surface area contributed by atoms with Gasteiger partial charge in [0, 0.05) is 26.3 Å². The number of ether oxygens (including phenoxy) is 3. The van der Waals surface area contributed by atoms with Gasteiger partial charge >= 0.3 is 5.97 Å². The normalized spacial score (nSPS) is 27.9. The number of nitrogens with zero attached hydrogens (tertiary/aromatic N) is 1. The van der Waals surface area contributed by atoms with Gasteiger partial charge in [-0.15, -0.1) is 0 Å². The van der Waals surface area contributed by atoms with Gasteiger partial charge in [-0.1, -0.05) is 0 Å². The van der Waals surface area contributed by atoms with Crippen molar-refractivity contribution in [3.05, 3.63) is 0 Å². The van der Waals surface area contributed by atoms with Crippen molar-refractivity contribution in [1.82, 2.24) is 4.90 Å². The van der Waals surface area contributed by atoms with E-state index in [-0.39, 0.29) is 18.2 Å². The smallest absolute Gasteiger partial charge is 0.319 e. The van der Waals surface area contributed by atoms with Crippen molar-refractivity contribution in [2.45, 2.75) is 37.9 Å². The molecule has 104 valence electrons. The van der Waals surface area contributed by atoms with Gasteiger partial charge in [0.1, 0.15) is 0 Å². The Morgan fingerprint density at radius 2 is 1.72 bits per heavy atom. The fourth-order valence-corrected chi connectivity index (χ4v) is 2.60. The van der Waals surface area contributed by atoms with E-state index in [0.29, 0.717) is 6.54 Å². The van der Waals surface area contributed by atoms with Crippen LogP contribution >= 0.6 is 0 Å². The molecule has 0 aromatic heterocycles. The third-order valence-electron chi connectivity index (χ3n) is 3.55. The van der Waals surface area contributed by atoms with E-state index in [1.807, 2.05) is 0 Å². The quantitative estimate of drug-likeness (QED) is 0.659. The Labute approximate surface area is 108 Å². The van der Waals surface area contributed by atoms with Crippen molar-refractivity contribution in [1.29, 1.82) is 0 Å². The zero-order valence-electron chi connectivity index (χ0n) is 11.1. The van der Waals surface area contributed by atoms with Crippen LogP contribution in [0, 0.1) is 0 Å². The van der Waals surface area contributed by atoms with Gasteiger partial charge < -0.3 is 14.2 Å². The summed E-state index contributed by atoms with van der Waals surface area (Å²) in [6.07, 6.45) is 4.94. The van der Waals surface area contributed by atoms with E-state index in [0.717, 1.165) is 52.0 Å². The van der Waals surface area contributed by atoms with E-state index < -0.39 is 0 Å². The molecule has 18 heavy (non-hydrogen) atoms. The SMILES string of the molecule is COC(=O)CN(C[C@H]1CCCO1)C[C@H]1CCCO1. The number of methoxy groups -OCH3 is 1. The Hall–Kier alpha value is -0.650. The molecule has 0 spiro atoms. The fourth-order valence-electron chi connectivity index (χ4n) is 2.60. The molecule has 2 rings (SSSR count). The molecule has 0 bridgehead atoms. The fraction of sp³-hybridized carbons (Fsp3) is 0.923. The van der Waals surface area contributed by atoms with E-state index >= 15 is 0 Å². The summed E-state index contributed by atoms with van der Waals surface area (Å²) in [6, 6.07) is 0. The zero-order valence-corrected chi connectivity index (χ0v) is 11.1. The summed E-state index contributed by atoms with van der Waals surface area (Å²) in [4.78, 5) is 13.5. The number of carbonyl (C=O) groups excluding carboxylic acids is 1. The second-order valence-corrected chi connectivity index (χ2v) is 5.04. The topological polar surface area (TPSA) is 48.0 Å². The van der Waals surface area contributed by atoms with Gasteiger partial charge in [-0.3, -0.25) is 9.69 Å². The first-order valence-electron chi connectivity index (χ1n) is 6.80. The van der Waals surface area contributed by atoms with Crippen molar-refractivity contribution in [2.75, 3.05) is 40.0 Å². The highest BCUT2D eigenvalue weighted by Crippen LogP contribution is 2.17. The predicted octanol–water partition coefficient (Wildman–Crippen LogP) is 0.819. The lowest BCUT2D eigenvalue weighted by molar-refractivity contribution is -0.142. The zero-order chi connectivity index (χ0) is 12.8. The molecule has 2 fully saturated rings. The monoisotopic (exact) mass is 257 g/mol. The van der Waals surface area contributed by atoms with Crippen molar-refractivity contribution >= 4 is 5.97 Å². The number of hydrogen-bond donors (Lipinski definition) is 0. The number of esters is 1. The van der Waals surface area contributed by atoms with E-state index in [1.165, 1.54) is 7.11 Å². The van der Waals surface area contributed by atoms with Crippen LogP contribution in [0.2, 0.25) is 0 Å². The Balaban J connectivity index is 1.81. The minimum absolute atomic E-state index is 0.189. The summed E-state index contributed by atoms with van der Waals surface area (Å²) < 4.78 is 16.0. The maximum absolute atomic E-state index is 11.4.